The van der Waals surface area contributed by atoms with E-state index in [4.69, 9.17) is 22.1 Å². The second kappa shape index (κ2) is 6.14. The van der Waals surface area contributed by atoms with Crippen molar-refractivity contribution in [2.45, 2.75) is 20.5 Å². The van der Waals surface area contributed by atoms with E-state index in [1.807, 2.05) is 13.0 Å². The maximum absolute atomic E-state index is 13.6. The van der Waals surface area contributed by atoms with E-state index < -0.39 is 11.8 Å². The van der Waals surface area contributed by atoms with Gasteiger partial charge in [0, 0.05) is 16.3 Å². The van der Waals surface area contributed by atoms with Crippen LogP contribution in [0.4, 0.5) is 10.1 Å². The molecule has 0 amide bonds. The number of esters is 1. The van der Waals surface area contributed by atoms with Gasteiger partial charge in [0.15, 0.2) is 0 Å². The fraction of sp³-hybridized carbons (Fsp3) is 0.188. The molecule has 0 aliphatic carbocycles. The first kappa shape index (κ1) is 15.3. The molecule has 21 heavy (non-hydrogen) atoms. The SMILES string of the molecule is Cc1cc(C)c(C(=O)OCc2ccc(Cl)cc2F)cc1N. The molecule has 0 radical (unpaired) electrons. The van der Waals surface area contributed by atoms with Crippen LogP contribution in [0.2, 0.25) is 5.02 Å². The zero-order valence-electron chi connectivity index (χ0n) is 11.7. The van der Waals surface area contributed by atoms with Crippen LogP contribution in [0.1, 0.15) is 27.0 Å². The molecule has 0 aliphatic rings. The largest absolute Gasteiger partial charge is 0.457 e. The molecule has 0 saturated carbocycles. The molecule has 5 heteroatoms. The topological polar surface area (TPSA) is 52.3 Å². The molecular weight excluding hydrogens is 293 g/mol. The summed E-state index contributed by atoms with van der Waals surface area (Å²) >= 11 is 5.67. The first-order chi connectivity index (χ1) is 9.88. The highest BCUT2D eigenvalue weighted by molar-refractivity contribution is 6.30. The van der Waals surface area contributed by atoms with Gasteiger partial charge in [-0.3, -0.25) is 0 Å². The lowest BCUT2D eigenvalue weighted by atomic mass is 10.0. The average Bonchev–Trinajstić information content (AvgIpc) is 2.41. The summed E-state index contributed by atoms with van der Waals surface area (Å²) in [4.78, 5) is 12.1. The van der Waals surface area contributed by atoms with E-state index in [0.29, 0.717) is 16.3 Å². The Morgan fingerprint density at radius 3 is 2.62 bits per heavy atom. The number of carbonyl (C=O) groups excluding carboxylic acids is 1. The van der Waals surface area contributed by atoms with Crippen LogP contribution >= 0.6 is 11.6 Å². The summed E-state index contributed by atoms with van der Waals surface area (Å²) in [5.41, 5.74) is 8.63. The van der Waals surface area contributed by atoms with Gasteiger partial charge in [0.1, 0.15) is 12.4 Å². The van der Waals surface area contributed by atoms with Crippen LogP contribution in [0.25, 0.3) is 0 Å². The number of nitrogen functional groups attached to an aromatic ring is 1. The van der Waals surface area contributed by atoms with Gasteiger partial charge in [-0.05, 0) is 43.2 Å². The monoisotopic (exact) mass is 307 g/mol. The normalized spacial score (nSPS) is 10.5. The summed E-state index contributed by atoms with van der Waals surface area (Å²) in [6, 6.07) is 7.60. The lowest BCUT2D eigenvalue weighted by Crippen LogP contribution is -2.09. The summed E-state index contributed by atoms with van der Waals surface area (Å²) in [5.74, 6) is -1.04. The van der Waals surface area contributed by atoms with Crippen molar-refractivity contribution < 1.29 is 13.9 Å². The number of carbonyl (C=O) groups is 1. The molecule has 0 atom stereocenters. The van der Waals surface area contributed by atoms with Gasteiger partial charge in [0.25, 0.3) is 0 Å². The maximum Gasteiger partial charge on any atom is 0.338 e. The quantitative estimate of drug-likeness (QED) is 0.688. The van der Waals surface area contributed by atoms with Crippen molar-refractivity contribution in [2.75, 3.05) is 5.73 Å². The molecule has 2 rings (SSSR count). The van der Waals surface area contributed by atoms with Crippen LogP contribution in [-0.4, -0.2) is 5.97 Å². The summed E-state index contributed by atoms with van der Waals surface area (Å²) < 4.78 is 18.7. The molecule has 0 aromatic heterocycles. The number of halogens is 2. The lowest BCUT2D eigenvalue weighted by molar-refractivity contribution is 0.0468. The second-order valence-electron chi connectivity index (χ2n) is 4.84. The molecule has 3 nitrogen and oxygen atoms in total. The van der Waals surface area contributed by atoms with Crippen LogP contribution in [0.15, 0.2) is 30.3 Å². The Balaban J connectivity index is 2.13. The van der Waals surface area contributed by atoms with E-state index in [2.05, 4.69) is 0 Å². The third-order valence-electron chi connectivity index (χ3n) is 3.21. The van der Waals surface area contributed by atoms with Gasteiger partial charge < -0.3 is 10.5 Å². The summed E-state index contributed by atoms with van der Waals surface area (Å²) in [5, 5.41) is 0.296. The minimum Gasteiger partial charge on any atom is -0.457 e. The Morgan fingerprint density at radius 2 is 1.95 bits per heavy atom. The molecule has 0 saturated heterocycles. The minimum absolute atomic E-state index is 0.158. The smallest absolute Gasteiger partial charge is 0.338 e. The van der Waals surface area contributed by atoms with Crippen LogP contribution in [0, 0.1) is 19.7 Å². The van der Waals surface area contributed by atoms with Crippen molar-refractivity contribution in [2.24, 2.45) is 0 Å². The Labute approximate surface area is 127 Å². The van der Waals surface area contributed by atoms with E-state index in [0.717, 1.165) is 11.1 Å². The van der Waals surface area contributed by atoms with Crippen LogP contribution in [0.5, 0.6) is 0 Å². The molecule has 2 aromatic carbocycles. The van der Waals surface area contributed by atoms with Crippen molar-refractivity contribution in [1.82, 2.24) is 0 Å². The molecular formula is C16H15ClFNO2. The van der Waals surface area contributed by atoms with Crippen molar-refractivity contribution in [3.05, 3.63) is 63.4 Å². The first-order valence-electron chi connectivity index (χ1n) is 6.36. The molecule has 0 fully saturated rings. The fourth-order valence-corrected chi connectivity index (χ4v) is 2.11. The van der Waals surface area contributed by atoms with Gasteiger partial charge in [0.05, 0.1) is 5.56 Å². The van der Waals surface area contributed by atoms with Gasteiger partial charge in [-0.1, -0.05) is 23.7 Å². The van der Waals surface area contributed by atoms with Crippen molar-refractivity contribution in [3.63, 3.8) is 0 Å². The second-order valence-corrected chi connectivity index (χ2v) is 5.27. The van der Waals surface area contributed by atoms with Crippen LogP contribution in [-0.2, 0) is 11.3 Å². The van der Waals surface area contributed by atoms with Gasteiger partial charge in [-0.2, -0.15) is 0 Å². The number of ether oxygens (including phenoxy) is 1. The minimum atomic E-state index is -0.534. The maximum atomic E-state index is 13.6. The Hall–Kier alpha value is -2.07. The zero-order valence-corrected chi connectivity index (χ0v) is 12.5. The Bertz CT molecular complexity index is 701. The number of hydrogen-bond acceptors (Lipinski definition) is 3. The number of hydrogen-bond donors (Lipinski definition) is 1. The number of aryl methyl sites for hydroxylation is 2. The highest BCUT2D eigenvalue weighted by atomic mass is 35.5. The Morgan fingerprint density at radius 1 is 1.24 bits per heavy atom. The highest BCUT2D eigenvalue weighted by Crippen LogP contribution is 2.20. The molecule has 2 aromatic rings. The number of benzene rings is 2. The van der Waals surface area contributed by atoms with E-state index in [-0.39, 0.29) is 12.2 Å². The predicted molar refractivity (Wildman–Crippen MR) is 80.9 cm³/mol. The molecule has 0 spiro atoms. The fourth-order valence-electron chi connectivity index (χ4n) is 1.95. The Kier molecular flexibility index (Phi) is 4.48. The van der Waals surface area contributed by atoms with E-state index in [9.17, 15) is 9.18 Å². The first-order valence-corrected chi connectivity index (χ1v) is 6.74. The van der Waals surface area contributed by atoms with Crippen LogP contribution < -0.4 is 5.73 Å². The molecule has 2 N–H and O–H groups in total. The number of nitrogens with two attached hydrogens (primary N) is 1. The third kappa shape index (κ3) is 3.52. The van der Waals surface area contributed by atoms with Crippen molar-refractivity contribution >= 4 is 23.3 Å². The average molecular weight is 308 g/mol. The van der Waals surface area contributed by atoms with Gasteiger partial charge in [0.2, 0.25) is 0 Å². The standard InChI is InChI=1S/C16H15ClFNO2/c1-9-5-10(2)15(19)7-13(9)16(20)21-8-11-3-4-12(17)6-14(11)18/h3-7H,8,19H2,1-2H3. The summed E-state index contributed by atoms with van der Waals surface area (Å²) in [6.07, 6.45) is 0. The van der Waals surface area contributed by atoms with E-state index in [1.54, 1.807) is 19.1 Å². The van der Waals surface area contributed by atoms with Gasteiger partial charge in [-0.25, -0.2) is 9.18 Å². The third-order valence-corrected chi connectivity index (χ3v) is 3.44. The molecule has 0 heterocycles. The summed E-state index contributed by atoms with van der Waals surface area (Å²) in [6.45, 7) is 3.50. The number of anilines is 1. The zero-order chi connectivity index (χ0) is 15.6. The molecule has 110 valence electrons. The highest BCUT2D eigenvalue weighted by Gasteiger charge is 2.13. The molecule has 0 bridgehead atoms. The van der Waals surface area contributed by atoms with E-state index >= 15 is 0 Å². The van der Waals surface area contributed by atoms with Crippen molar-refractivity contribution in [3.8, 4) is 0 Å². The van der Waals surface area contributed by atoms with Crippen molar-refractivity contribution in [1.29, 1.82) is 0 Å². The van der Waals surface area contributed by atoms with Crippen LogP contribution in [0.3, 0.4) is 0 Å². The molecule has 0 aliphatic heterocycles. The van der Waals surface area contributed by atoms with Gasteiger partial charge >= 0.3 is 5.97 Å². The lowest BCUT2D eigenvalue weighted by Gasteiger charge is -2.10. The number of rotatable bonds is 3. The van der Waals surface area contributed by atoms with Gasteiger partial charge in [-0.15, -0.1) is 0 Å². The predicted octanol–water partition coefficient (Wildman–Crippen LogP) is 4.04. The van der Waals surface area contributed by atoms with E-state index in [1.165, 1.54) is 12.1 Å². The summed E-state index contributed by atoms with van der Waals surface area (Å²) in [7, 11) is 0. The molecule has 0 unspecified atom stereocenters.